The molecule has 1 heterocycles. The molecule has 0 spiro atoms. The van der Waals surface area contributed by atoms with Crippen molar-refractivity contribution in [2.24, 2.45) is 0 Å². The third-order valence-electron chi connectivity index (χ3n) is 2.14. The summed E-state index contributed by atoms with van der Waals surface area (Å²) in [4.78, 5) is 13.7. The largest absolute Gasteiger partial charge is 0.478 e. The molecule has 2 rings (SSSR count). The van der Waals surface area contributed by atoms with Gasteiger partial charge >= 0.3 is 5.97 Å². The number of H-pyrrole nitrogens is 1. The zero-order valence-corrected chi connectivity index (χ0v) is 9.28. The fraction of sp³-hybridized carbons (Fsp3) is 0. The molecular formula is C11H8BrNO2. The Bertz CT molecular complexity index is 505. The fourth-order valence-electron chi connectivity index (χ4n) is 1.44. The second-order valence-corrected chi connectivity index (χ2v) is 3.92. The number of hydrogen-bond acceptors (Lipinski definition) is 1. The first-order valence-electron chi connectivity index (χ1n) is 4.35. The number of carboxylic acids is 1. The number of hydrogen-bond donors (Lipinski definition) is 2. The van der Waals surface area contributed by atoms with E-state index in [1.54, 1.807) is 6.20 Å². The minimum Gasteiger partial charge on any atom is -0.478 e. The van der Waals surface area contributed by atoms with Crippen molar-refractivity contribution >= 4 is 21.9 Å². The van der Waals surface area contributed by atoms with Gasteiger partial charge in [-0.25, -0.2) is 4.79 Å². The van der Waals surface area contributed by atoms with Gasteiger partial charge in [0.05, 0.1) is 5.56 Å². The van der Waals surface area contributed by atoms with E-state index in [4.69, 9.17) is 5.11 Å². The monoisotopic (exact) mass is 265 g/mol. The number of halogens is 1. The topological polar surface area (TPSA) is 53.1 Å². The maximum Gasteiger partial charge on any atom is 0.337 e. The predicted octanol–water partition coefficient (Wildman–Crippen LogP) is 3.14. The lowest BCUT2D eigenvalue weighted by molar-refractivity contribution is 0.0698. The molecule has 0 fully saturated rings. The molecule has 0 aliphatic rings. The van der Waals surface area contributed by atoms with Crippen LogP contribution in [0.5, 0.6) is 0 Å². The molecule has 0 saturated carbocycles. The molecule has 2 aromatic rings. The Morgan fingerprint density at radius 3 is 2.60 bits per heavy atom. The number of aromatic amines is 1. The highest BCUT2D eigenvalue weighted by Gasteiger charge is 2.13. The molecule has 0 aliphatic heterocycles. The summed E-state index contributed by atoms with van der Waals surface area (Å²) in [7, 11) is 0. The van der Waals surface area contributed by atoms with E-state index >= 15 is 0 Å². The first-order valence-corrected chi connectivity index (χ1v) is 5.14. The summed E-state index contributed by atoms with van der Waals surface area (Å²) in [5.41, 5.74) is 1.84. The molecule has 1 aromatic heterocycles. The highest BCUT2D eigenvalue weighted by molar-refractivity contribution is 9.10. The van der Waals surface area contributed by atoms with Gasteiger partial charge in [0.25, 0.3) is 0 Å². The third-order valence-corrected chi connectivity index (χ3v) is 2.83. The second-order valence-electron chi connectivity index (χ2n) is 3.07. The van der Waals surface area contributed by atoms with Gasteiger partial charge in [-0.15, -0.1) is 0 Å². The van der Waals surface area contributed by atoms with Crippen LogP contribution in [0, 0.1) is 0 Å². The molecule has 15 heavy (non-hydrogen) atoms. The molecule has 0 aliphatic carbocycles. The second kappa shape index (κ2) is 3.90. The lowest BCUT2D eigenvalue weighted by Gasteiger charge is -2.02. The highest BCUT2D eigenvalue weighted by atomic mass is 79.9. The van der Waals surface area contributed by atoms with E-state index in [0.717, 1.165) is 10.0 Å². The Morgan fingerprint density at radius 1 is 1.20 bits per heavy atom. The van der Waals surface area contributed by atoms with Gasteiger partial charge in [-0.3, -0.25) is 0 Å². The van der Waals surface area contributed by atoms with Crippen LogP contribution in [0.1, 0.15) is 10.4 Å². The summed E-state index contributed by atoms with van der Waals surface area (Å²) in [6.45, 7) is 0. The first kappa shape index (κ1) is 9.98. The van der Waals surface area contributed by atoms with Crippen LogP contribution in [-0.4, -0.2) is 16.1 Å². The number of carbonyl (C=O) groups is 1. The van der Waals surface area contributed by atoms with Gasteiger partial charge in [0, 0.05) is 22.4 Å². The number of aromatic carboxylic acids is 1. The SMILES string of the molecule is O=C(O)c1c[nH]cc1-c1ccccc1Br. The molecule has 3 nitrogen and oxygen atoms in total. The average molecular weight is 266 g/mol. The van der Waals surface area contributed by atoms with Crippen LogP contribution in [0.25, 0.3) is 11.1 Å². The van der Waals surface area contributed by atoms with Gasteiger partial charge in [-0.05, 0) is 11.6 Å². The lowest BCUT2D eigenvalue weighted by Crippen LogP contribution is -1.96. The van der Waals surface area contributed by atoms with Crippen molar-refractivity contribution in [3.8, 4) is 11.1 Å². The molecule has 2 N–H and O–H groups in total. The maximum absolute atomic E-state index is 10.9. The third kappa shape index (κ3) is 1.80. The van der Waals surface area contributed by atoms with Crippen LogP contribution >= 0.6 is 15.9 Å². The van der Waals surface area contributed by atoms with Gasteiger partial charge in [0.2, 0.25) is 0 Å². The Labute approximate surface area is 94.9 Å². The van der Waals surface area contributed by atoms with E-state index in [1.165, 1.54) is 6.20 Å². The quantitative estimate of drug-likeness (QED) is 0.877. The van der Waals surface area contributed by atoms with Gasteiger partial charge < -0.3 is 10.1 Å². The zero-order valence-electron chi connectivity index (χ0n) is 7.70. The van der Waals surface area contributed by atoms with Crippen molar-refractivity contribution in [3.63, 3.8) is 0 Å². The standard InChI is InChI=1S/C11H8BrNO2/c12-10-4-2-1-3-7(10)8-5-13-6-9(8)11(14)15/h1-6,13H,(H,14,15). The van der Waals surface area contributed by atoms with Crippen molar-refractivity contribution in [2.75, 3.05) is 0 Å². The Hall–Kier alpha value is -1.55. The van der Waals surface area contributed by atoms with Crippen LogP contribution < -0.4 is 0 Å². The van der Waals surface area contributed by atoms with E-state index in [2.05, 4.69) is 20.9 Å². The van der Waals surface area contributed by atoms with E-state index in [-0.39, 0.29) is 5.56 Å². The van der Waals surface area contributed by atoms with Gasteiger partial charge in [0.1, 0.15) is 0 Å². The Balaban J connectivity index is 2.59. The van der Waals surface area contributed by atoms with E-state index in [9.17, 15) is 4.79 Å². The summed E-state index contributed by atoms with van der Waals surface area (Å²) in [6, 6.07) is 7.52. The average Bonchev–Trinajstić information content (AvgIpc) is 2.67. The van der Waals surface area contributed by atoms with Crippen LogP contribution in [-0.2, 0) is 0 Å². The van der Waals surface area contributed by atoms with Crippen molar-refractivity contribution in [1.29, 1.82) is 0 Å². The van der Waals surface area contributed by atoms with E-state index < -0.39 is 5.97 Å². The van der Waals surface area contributed by atoms with Crippen LogP contribution in [0.3, 0.4) is 0 Å². The highest BCUT2D eigenvalue weighted by Crippen LogP contribution is 2.30. The summed E-state index contributed by atoms with van der Waals surface area (Å²) in [5.74, 6) is -0.929. The molecule has 4 heteroatoms. The molecule has 0 atom stereocenters. The summed E-state index contributed by atoms with van der Waals surface area (Å²) in [5, 5.41) is 8.97. The number of aromatic nitrogens is 1. The summed E-state index contributed by atoms with van der Waals surface area (Å²) >= 11 is 3.39. The number of carboxylic acid groups (broad SMARTS) is 1. The van der Waals surface area contributed by atoms with Crippen LogP contribution in [0.15, 0.2) is 41.1 Å². The lowest BCUT2D eigenvalue weighted by atomic mass is 10.1. The van der Waals surface area contributed by atoms with Crippen molar-refractivity contribution in [2.45, 2.75) is 0 Å². The van der Waals surface area contributed by atoms with Gasteiger partial charge in [-0.1, -0.05) is 34.1 Å². The fourth-order valence-corrected chi connectivity index (χ4v) is 1.94. The first-order chi connectivity index (χ1) is 7.20. The smallest absolute Gasteiger partial charge is 0.337 e. The molecular weight excluding hydrogens is 258 g/mol. The summed E-state index contributed by atoms with van der Waals surface area (Å²) in [6.07, 6.45) is 3.17. The van der Waals surface area contributed by atoms with Crippen molar-refractivity contribution in [1.82, 2.24) is 4.98 Å². The number of nitrogens with one attached hydrogen (secondary N) is 1. The van der Waals surface area contributed by atoms with E-state index in [0.29, 0.717) is 5.56 Å². The molecule has 0 bridgehead atoms. The molecule has 76 valence electrons. The summed E-state index contributed by atoms with van der Waals surface area (Å²) < 4.78 is 0.882. The molecule has 0 radical (unpaired) electrons. The maximum atomic E-state index is 10.9. The van der Waals surface area contributed by atoms with Crippen molar-refractivity contribution in [3.05, 3.63) is 46.7 Å². The molecule has 1 aromatic carbocycles. The minimum atomic E-state index is -0.929. The normalized spacial score (nSPS) is 10.2. The Kier molecular flexibility index (Phi) is 2.60. The molecule has 0 amide bonds. The zero-order chi connectivity index (χ0) is 10.8. The van der Waals surface area contributed by atoms with Gasteiger partial charge in [0.15, 0.2) is 0 Å². The minimum absolute atomic E-state index is 0.280. The predicted molar refractivity (Wildman–Crippen MR) is 60.9 cm³/mol. The van der Waals surface area contributed by atoms with Crippen LogP contribution in [0.4, 0.5) is 0 Å². The van der Waals surface area contributed by atoms with Gasteiger partial charge in [-0.2, -0.15) is 0 Å². The van der Waals surface area contributed by atoms with Crippen LogP contribution in [0.2, 0.25) is 0 Å². The molecule has 0 unspecified atom stereocenters. The van der Waals surface area contributed by atoms with E-state index in [1.807, 2.05) is 24.3 Å². The Morgan fingerprint density at radius 2 is 1.93 bits per heavy atom. The number of benzene rings is 1. The molecule has 0 saturated heterocycles. The number of rotatable bonds is 2. The van der Waals surface area contributed by atoms with Crippen molar-refractivity contribution < 1.29 is 9.90 Å².